The molecule has 0 amide bonds. The number of methoxy groups -OCH3 is 1. The standard InChI is InChI=1S/C25H24F4N8O.ClH/c1-38-20-4-2-3-18(27)23(20)24-31-6-5-21(35-24)34-22-8-19(36-12-15(26)7-16(30)13-36)17(10-32-22)14-9-33-37(11-14)25(28)29;/h2-6,8-11,15-16,25H,7,12-13,30H2,1H3,(H,31,32,34,35);1H/t15-,16-;/m0./s1. The van der Waals surface area contributed by atoms with Crippen molar-refractivity contribution in [1.29, 1.82) is 0 Å². The highest BCUT2D eigenvalue weighted by atomic mass is 35.5. The third-order valence-corrected chi connectivity index (χ3v) is 6.10. The molecule has 206 valence electrons. The molecule has 9 nitrogen and oxygen atoms in total. The van der Waals surface area contributed by atoms with Crippen LogP contribution in [-0.4, -0.2) is 57.1 Å². The number of ether oxygens (including phenoxy) is 1. The lowest BCUT2D eigenvalue weighted by Gasteiger charge is -2.35. The Labute approximate surface area is 227 Å². The third-order valence-electron chi connectivity index (χ3n) is 6.10. The molecule has 0 saturated carbocycles. The van der Waals surface area contributed by atoms with E-state index in [2.05, 4.69) is 25.4 Å². The largest absolute Gasteiger partial charge is 0.496 e. The van der Waals surface area contributed by atoms with E-state index in [-0.39, 0.29) is 42.5 Å². The van der Waals surface area contributed by atoms with Crippen LogP contribution < -0.4 is 20.7 Å². The molecule has 4 aromatic rings. The molecule has 1 aliphatic rings. The van der Waals surface area contributed by atoms with Gasteiger partial charge in [-0.15, -0.1) is 12.4 Å². The van der Waals surface area contributed by atoms with Crippen molar-refractivity contribution in [2.75, 3.05) is 30.4 Å². The molecule has 3 N–H and O–H groups in total. The van der Waals surface area contributed by atoms with Crippen LogP contribution in [0.4, 0.5) is 34.9 Å². The molecule has 0 spiro atoms. The van der Waals surface area contributed by atoms with Crippen LogP contribution in [0.15, 0.2) is 55.1 Å². The Bertz CT molecular complexity index is 1430. The molecule has 39 heavy (non-hydrogen) atoms. The van der Waals surface area contributed by atoms with E-state index in [0.29, 0.717) is 39.7 Å². The molecule has 14 heteroatoms. The first kappa shape index (κ1) is 28.0. The molecule has 0 unspecified atom stereocenters. The van der Waals surface area contributed by atoms with Gasteiger partial charge < -0.3 is 20.7 Å². The van der Waals surface area contributed by atoms with Crippen molar-refractivity contribution < 1.29 is 22.3 Å². The van der Waals surface area contributed by atoms with E-state index in [0.717, 1.165) is 0 Å². The van der Waals surface area contributed by atoms with Gasteiger partial charge in [0.1, 0.15) is 29.4 Å². The lowest BCUT2D eigenvalue weighted by molar-refractivity contribution is 0.0566. The number of hydrogen-bond donors (Lipinski definition) is 2. The summed E-state index contributed by atoms with van der Waals surface area (Å²) in [7, 11) is 1.42. The summed E-state index contributed by atoms with van der Waals surface area (Å²) in [4.78, 5) is 14.7. The average molecular weight is 565 g/mol. The highest BCUT2D eigenvalue weighted by molar-refractivity contribution is 5.85. The second-order valence-corrected chi connectivity index (χ2v) is 8.78. The molecular formula is C25H25ClF4N8O. The Morgan fingerprint density at radius 1 is 1.13 bits per heavy atom. The minimum Gasteiger partial charge on any atom is -0.496 e. The summed E-state index contributed by atoms with van der Waals surface area (Å²) < 4.78 is 61.1. The van der Waals surface area contributed by atoms with Crippen molar-refractivity contribution >= 4 is 29.7 Å². The molecule has 1 aliphatic heterocycles. The zero-order valence-electron chi connectivity index (χ0n) is 20.6. The van der Waals surface area contributed by atoms with E-state index in [4.69, 9.17) is 10.5 Å². The Balaban J connectivity index is 0.00000353. The fraction of sp³-hybridized carbons (Fsp3) is 0.280. The van der Waals surface area contributed by atoms with Crippen molar-refractivity contribution in [3.8, 4) is 28.3 Å². The number of pyridine rings is 1. The van der Waals surface area contributed by atoms with E-state index in [9.17, 15) is 17.6 Å². The maximum atomic E-state index is 14.6. The van der Waals surface area contributed by atoms with Gasteiger partial charge in [-0.1, -0.05) is 6.07 Å². The van der Waals surface area contributed by atoms with E-state index in [1.807, 2.05) is 0 Å². The number of piperidine rings is 1. The molecule has 2 atom stereocenters. The second kappa shape index (κ2) is 11.8. The Morgan fingerprint density at radius 2 is 1.95 bits per heavy atom. The number of aromatic nitrogens is 5. The first-order chi connectivity index (χ1) is 18.3. The van der Waals surface area contributed by atoms with Gasteiger partial charge in [-0.25, -0.2) is 28.4 Å². The van der Waals surface area contributed by atoms with Crippen LogP contribution in [0.2, 0.25) is 0 Å². The lowest BCUT2D eigenvalue weighted by Crippen LogP contribution is -2.48. The summed E-state index contributed by atoms with van der Waals surface area (Å²) in [6.07, 6.45) is 4.53. The zero-order chi connectivity index (χ0) is 26.8. The van der Waals surface area contributed by atoms with Crippen molar-refractivity contribution in [1.82, 2.24) is 24.7 Å². The van der Waals surface area contributed by atoms with E-state index >= 15 is 0 Å². The van der Waals surface area contributed by atoms with Crippen LogP contribution in [0, 0.1) is 5.82 Å². The molecule has 0 radical (unpaired) electrons. The number of alkyl halides is 3. The summed E-state index contributed by atoms with van der Waals surface area (Å²) in [6.45, 7) is -2.36. The molecule has 0 aliphatic carbocycles. The smallest absolute Gasteiger partial charge is 0.333 e. The number of halogens is 5. The van der Waals surface area contributed by atoms with Crippen molar-refractivity contribution in [3.63, 3.8) is 0 Å². The second-order valence-electron chi connectivity index (χ2n) is 8.78. The number of hydrogen-bond acceptors (Lipinski definition) is 8. The fourth-order valence-corrected chi connectivity index (χ4v) is 4.42. The molecule has 3 aromatic heterocycles. The van der Waals surface area contributed by atoms with E-state index in [1.54, 1.807) is 23.1 Å². The molecule has 5 rings (SSSR count). The SMILES string of the molecule is COc1cccc(F)c1-c1nccc(Nc2cc(N3C[C@@H](N)C[C@H](F)C3)c(-c3cnn(C(F)F)c3)cn2)n1.Cl. The van der Waals surface area contributed by atoms with E-state index in [1.165, 1.54) is 44.0 Å². The molecule has 1 saturated heterocycles. The Kier molecular flexibility index (Phi) is 8.51. The summed E-state index contributed by atoms with van der Waals surface area (Å²) in [5.74, 6) is 0.486. The number of rotatable bonds is 7. The van der Waals surface area contributed by atoms with Crippen LogP contribution in [0.5, 0.6) is 5.75 Å². The number of benzene rings is 1. The molecule has 4 heterocycles. The van der Waals surface area contributed by atoms with Crippen molar-refractivity contribution in [3.05, 3.63) is 60.9 Å². The summed E-state index contributed by atoms with van der Waals surface area (Å²) >= 11 is 0. The first-order valence-electron chi connectivity index (χ1n) is 11.7. The summed E-state index contributed by atoms with van der Waals surface area (Å²) in [6, 6.07) is 7.24. The monoisotopic (exact) mass is 564 g/mol. The van der Waals surface area contributed by atoms with Gasteiger partial charge >= 0.3 is 6.55 Å². The maximum Gasteiger partial charge on any atom is 0.333 e. The molecule has 1 fully saturated rings. The number of nitrogens with two attached hydrogens (primary N) is 1. The first-order valence-corrected chi connectivity index (χ1v) is 11.7. The number of nitrogens with zero attached hydrogens (tertiary/aromatic N) is 6. The highest BCUT2D eigenvalue weighted by Gasteiger charge is 2.27. The van der Waals surface area contributed by atoms with Crippen molar-refractivity contribution in [2.24, 2.45) is 5.73 Å². The molecular weight excluding hydrogens is 540 g/mol. The number of nitrogens with one attached hydrogen (secondary N) is 1. The van der Waals surface area contributed by atoms with Gasteiger partial charge in [0.15, 0.2) is 5.82 Å². The minimum absolute atomic E-state index is 0. The predicted octanol–water partition coefficient (Wildman–Crippen LogP) is 4.99. The van der Waals surface area contributed by atoms with Gasteiger partial charge in [0, 0.05) is 54.9 Å². The fourth-order valence-electron chi connectivity index (χ4n) is 4.42. The topological polar surface area (TPSA) is 107 Å². The normalized spacial score (nSPS) is 17.2. The van der Waals surface area contributed by atoms with Crippen LogP contribution in [0.25, 0.3) is 22.5 Å². The lowest BCUT2D eigenvalue weighted by atomic mass is 10.0. The van der Waals surface area contributed by atoms with Crippen LogP contribution in [-0.2, 0) is 0 Å². The zero-order valence-corrected chi connectivity index (χ0v) is 21.5. The summed E-state index contributed by atoms with van der Waals surface area (Å²) in [5, 5.41) is 6.76. The predicted molar refractivity (Wildman–Crippen MR) is 141 cm³/mol. The highest BCUT2D eigenvalue weighted by Crippen LogP contribution is 2.35. The number of anilines is 3. The Hall–Kier alpha value is -3.97. The van der Waals surface area contributed by atoms with Crippen LogP contribution in [0.3, 0.4) is 0 Å². The average Bonchev–Trinajstić information content (AvgIpc) is 3.39. The van der Waals surface area contributed by atoms with Gasteiger partial charge in [-0.3, -0.25) is 0 Å². The van der Waals surface area contributed by atoms with Gasteiger partial charge in [0.25, 0.3) is 0 Å². The van der Waals surface area contributed by atoms with Crippen LogP contribution in [0.1, 0.15) is 13.0 Å². The molecule has 0 bridgehead atoms. The van der Waals surface area contributed by atoms with Gasteiger partial charge in [0.2, 0.25) is 0 Å². The Morgan fingerprint density at radius 3 is 2.67 bits per heavy atom. The van der Waals surface area contributed by atoms with Gasteiger partial charge in [-0.05, 0) is 24.6 Å². The quantitative estimate of drug-likeness (QED) is 0.303. The third kappa shape index (κ3) is 6.04. The minimum atomic E-state index is -2.81. The maximum absolute atomic E-state index is 14.6. The van der Waals surface area contributed by atoms with Crippen LogP contribution >= 0.6 is 12.4 Å². The van der Waals surface area contributed by atoms with Gasteiger partial charge in [0.05, 0.1) is 24.6 Å². The van der Waals surface area contributed by atoms with E-state index < -0.39 is 24.6 Å². The van der Waals surface area contributed by atoms with Gasteiger partial charge in [-0.2, -0.15) is 13.9 Å². The van der Waals surface area contributed by atoms with Crippen molar-refractivity contribution in [2.45, 2.75) is 25.2 Å². The molecule has 1 aromatic carbocycles. The summed E-state index contributed by atoms with van der Waals surface area (Å²) in [5.41, 5.74) is 7.60.